The van der Waals surface area contributed by atoms with Crippen LogP contribution >= 0.6 is 27.5 Å². The van der Waals surface area contributed by atoms with Gasteiger partial charge < -0.3 is 10.2 Å². The van der Waals surface area contributed by atoms with Crippen LogP contribution in [0.1, 0.15) is 5.56 Å². The van der Waals surface area contributed by atoms with Gasteiger partial charge in [0.25, 0.3) is 0 Å². The molecular formula is C16H18BrClN2. The van der Waals surface area contributed by atoms with E-state index in [2.05, 4.69) is 45.3 Å². The maximum absolute atomic E-state index is 6.17. The number of nitrogens with one attached hydrogen (secondary N) is 1. The van der Waals surface area contributed by atoms with Gasteiger partial charge in [0, 0.05) is 34.8 Å². The summed E-state index contributed by atoms with van der Waals surface area (Å²) in [4.78, 5) is 2.26. The van der Waals surface area contributed by atoms with Gasteiger partial charge in [-0.25, -0.2) is 0 Å². The third-order valence-corrected chi connectivity index (χ3v) is 4.14. The molecule has 0 bridgehead atoms. The van der Waals surface area contributed by atoms with E-state index in [1.165, 1.54) is 0 Å². The molecule has 0 amide bonds. The van der Waals surface area contributed by atoms with E-state index in [9.17, 15) is 0 Å². The highest BCUT2D eigenvalue weighted by Crippen LogP contribution is 2.21. The number of para-hydroxylation sites is 1. The lowest BCUT2D eigenvalue weighted by atomic mass is 10.2. The Morgan fingerprint density at radius 2 is 1.80 bits per heavy atom. The average molecular weight is 354 g/mol. The van der Waals surface area contributed by atoms with Gasteiger partial charge in [-0.2, -0.15) is 0 Å². The van der Waals surface area contributed by atoms with E-state index < -0.39 is 0 Å². The predicted molar refractivity (Wildman–Crippen MR) is 90.4 cm³/mol. The monoisotopic (exact) mass is 352 g/mol. The highest BCUT2D eigenvalue weighted by atomic mass is 79.9. The van der Waals surface area contributed by atoms with Crippen molar-refractivity contribution in [2.24, 2.45) is 0 Å². The van der Waals surface area contributed by atoms with Crippen LogP contribution in [-0.4, -0.2) is 25.0 Å². The normalized spacial score (nSPS) is 10.8. The number of hydrogen-bond acceptors (Lipinski definition) is 2. The molecule has 1 N–H and O–H groups in total. The zero-order chi connectivity index (χ0) is 14.4. The van der Waals surface area contributed by atoms with Crippen molar-refractivity contribution in [2.45, 2.75) is 6.54 Å². The molecule has 0 saturated heterocycles. The molecule has 2 aromatic rings. The number of anilines is 1. The van der Waals surface area contributed by atoms with Crippen LogP contribution in [0.5, 0.6) is 0 Å². The summed E-state index contributed by atoms with van der Waals surface area (Å²) in [6.07, 6.45) is 0. The summed E-state index contributed by atoms with van der Waals surface area (Å²) in [5.74, 6) is 0. The van der Waals surface area contributed by atoms with Crippen LogP contribution in [0, 0.1) is 0 Å². The number of benzene rings is 2. The van der Waals surface area contributed by atoms with Gasteiger partial charge in [0.15, 0.2) is 0 Å². The maximum Gasteiger partial charge on any atom is 0.0485 e. The Morgan fingerprint density at radius 3 is 2.55 bits per heavy atom. The second-order valence-corrected chi connectivity index (χ2v) is 6.00. The van der Waals surface area contributed by atoms with E-state index in [-0.39, 0.29) is 0 Å². The first kappa shape index (κ1) is 15.4. The van der Waals surface area contributed by atoms with Crippen molar-refractivity contribution in [3.63, 3.8) is 0 Å². The number of rotatable bonds is 6. The van der Waals surface area contributed by atoms with E-state index in [1.807, 2.05) is 36.4 Å². The van der Waals surface area contributed by atoms with Crippen LogP contribution in [0.4, 0.5) is 5.69 Å². The van der Waals surface area contributed by atoms with Crippen molar-refractivity contribution in [1.82, 2.24) is 4.90 Å². The van der Waals surface area contributed by atoms with Gasteiger partial charge in [0.1, 0.15) is 0 Å². The quantitative estimate of drug-likeness (QED) is 0.813. The molecule has 0 unspecified atom stereocenters. The molecule has 0 aromatic heterocycles. The minimum absolute atomic E-state index is 0.832. The van der Waals surface area contributed by atoms with Crippen LogP contribution in [-0.2, 0) is 6.54 Å². The molecule has 0 spiro atoms. The largest absolute Gasteiger partial charge is 0.383 e. The summed E-state index contributed by atoms with van der Waals surface area (Å²) in [7, 11) is 2.10. The predicted octanol–water partition coefficient (Wildman–Crippen LogP) is 4.65. The van der Waals surface area contributed by atoms with E-state index in [0.29, 0.717) is 0 Å². The lowest BCUT2D eigenvalue weighted by molar-refractivity contribution is 0.340. The van der Waals surface area contributed by atoms with Gasteiger partial charge in [-0.05, 0) is 46.7 Å². The molecule has 0 aliphatic rings. The Hall–Kier alpha value is -1.03. The smallest absolute Gasteiger partial charge is 0.0485 e. The average Bonchev–Trinajstić information content (AvgIpc) is 2.43. The number of hydrogen-bond donors (Lipinski definition) is 1. The Labute approximate surface area is 133 Å². The molecule has 2 rings (SSSR count). The molecule has 0 aliphatic heterocycles. The molecule has 0 aliphatic carbocycles. The van der Waals surface area contributed by atoms with Gasteiger partial charge >= 0.3 is 0 Å². The third-order valence-electron chi connectivity index (χ3n) is 3.08. The molecule has 4 heteroatoms. The van der Waals surface area contributed by atoms with E-state index in [1.54, 1.807) is 0 Å². The molecule has 2 aromatic carbocycles. The second kappa shape index (κ2) is 7.67. The molecule has 0 heterocycles. The summed E-state index contributed by atoms with van der Waals surface area (Å²) in [5.41, 5.74) is 2.29. The molecular weight excluding hydrogens is 336 g/mol. The molecule has 106 valence electrons. The van der Waals surface area contributed by atoms with E-state index in [0.717, 1.165) is 40.4 Å². The Kier molecular flexibility index (Phi) is 5.89. The Bertz CT molecular complexity index is 560. The van der Waals surface area contributed by atoms with Crippen molar-refractivity contribution >= 4 is 33.2 Å². The van der Waals surface area contributed by atoms with Gasteiger partial charge in [0.05, 0.1) is 0 Å². The van der Waals surface area contributed by atoms with Crippen LogP contribution in [0.3, 0.4) is 0 Å². The van der Waals surface area contributed by atoms with Crippen molar-refractivity contribution < 1.29 is 0 Å². The standard InChI is InChI=1S/C16H18BrClN2/c1-20(12-13-6-2-4-8-15(13)18)11-10-19-16-9-5-3-7-14(16)17/h2-9,19H,10-12H2,1H3. The summed E-state index contributed by atoms with van der Waals surface area (Å²) in [5, 5.41) is 4.25. The van der Waals surface area contributed by atoms with Gasteiger partial charge in [-0.3, -0.25) is 0 Å². The van der Waals surface area contributed by atoms with Crippen molar-refractivity contribution in [3.05, 3.63) is 63.6 Å². The van der Waals surface area contributed by atoms with Crippen LogP contribution in [0.2, 0.25) is 5.02 Å². The lowest BCUT2D eigenvalue weighted by Crippen LogP contribution is -2.25. The first-order chi connectivity index (χ1) is 9.66. The highest BCUT2D eigenvalue weighted by molar-refractivity contribution is 9.10. The highest BCUT2D eigenvalue weighted by Gasteiger charge is 2.04. The molecule has 0 atom stereocenters. The van der Waals surface area contributed by atoms with Gasteiger partial charge in [-0.1, -0.05) is 41.9 Å². The van der Waals surface area contributed by atoms with Crippen LogP contribution in [0.25, 0.3) is 0 Å². The molecule has 0 fully saturated rings. The number of nitrogens with zero attached hydrogens (tertiary/aromatic N) is 1. The molecule has 20 heavy (non-hydrogen) atoms. The number of halogens is 2. The van der Waals surface area contributed by atoms with Gasteiger partial charge in [0.2, 0.25) is 0 Å². The van der Waals surface area contributed by atoms with Crippen molar-refractivity contribution in [3.8, 4) is 0 Å². The molecule has 2 nitrogen and oxygen atoms in total. The summed E-state index contributed by atoms with van der Waals surface area (Å²) in [6, 6.07) is 16.1. The van der Waals surface area contributed by atoms with Crippen molar-refractivity contribution in [1.29, 1.82) is 0 Å². The summed E-state index contributed by atoms with van der Waals surface area (Å²) >= 11 is 9.70. The SMILES string of the molecule is CN(CCNc1ccccc1Br)Cc1ccccc1Cl. The van der Waals surface area contributed by atoms with Crippen LogP contribution in [0.15, 0.2) is 53.0 Å². The topological polar surface area (TPSA) is 15.3 Å². The zero-order valence-electron chi connectivity index (χ0n) is 11.4. The summed E-state index contributed by atoms with van der Waals surface area (Å²) < 4.78 is 1.09. The fraction of sp³-hybridized carbons (Fsp3) is 0.250. The zero-order valence-corrected chi connectivity index (χ0v) is 13.8. The third kappa shape index (κ3) is 4.51. The van der Waals surface area contributed by atoms with E-state index >= 15 is 0 Å². The fourth-order valence-electron chi connectivity index (χ4n) is 1.98. The van der Waals surface area contributed by atoms with E-state index in [4.69, 9.17) is 11.6 Å². The number of likely N-dealkylation sites (N-methyl/N-ethyl adjacent to an activating group) is 1. The Morgan fingerprint density at radius 1 is 1.10 bits per heavy atom. The summed E-state index contributed by atoms with van der Waals surface area (Å²) in [6.45, 7) is 2.70. The minimum atomic E-state index is 0.832. The second-order valence-electron chi connectivity index (χ2n) is 4.74. The first-order valence-corrected chi connectivity index (χ1v) is 7.74. The minimum Gasteiger partial charge on any atom is -0.383 e. The van der Waals surface area contributed by atoms with Crippen molar-refractivity contribution in [2.75, 3.05) is 25.5 Å². The maximum atomic E-state index is 6.17. The van der Waals surface area contributed by atoms with Gasteiger partial charge in [-0.15, -0.1) is 0 Å². The Balaban J connectivity index is 1.80. The fourth-order valence-corrected chi connectivity index (χ4v) is 2.60. The molecule has 0 radical (unpaired) electrons. The molecule has 0 saturated carbocycles. The first-order valence-electron chi connectivity index (χ1n) is 6.57. The van der Waals surface area contributed by atoms with Crippen LogP contribution < -0.4 is 5.32 Å². The lowest BCUT2D eigenvalue weighted by Gasteiger charge is -2.18.